The molecule has 144 valence electrons. The molecule has 2 N–H and O–H groups in total. The smallest absolute Gasteiger partial charge is 0.130 e. The Morgan fingerprint density at radius 3 is 2.22 bits per heavy atom. The first-order valence-electron chi connectivity index (χ1n) is 10.5. The van der Waals surface area contributed by atoms with Crippen molar-refractivity contribution in [2.75, 3.05) is 12.3 Å². The minimum atomic E-state index is 0.737. The van der Waals surface area contributed by atoms with Gasteiger partial charge in [-0.25, -0.2) is 4.98 Å². The minimum absolute atomic E-state index is 0.737. The van der Waals surface area contributed by atoms with Gasteiger partial charge in [-0.1, -0.05) is 82.6 Å². The molecule has 0 unspecified atom stereocenters. The molecule has 0 bridgehead atoms. The molecule has 0 aliphatic rings. The van der Waals surface area contributed by atoms with Crippen molar-refractivity contribution in [1.82, 2.24) is 4.98 Å². The molecular formula is C24H32N2O. The first-order chi connectivity index (χ1) is 13.3. The lowest BCUT2D eigenvalue weighted by molar-refractivity contribution is 0.307. The van der Waals surface area contributed by atoms with Crippen LogP contribution in [0.5, 0.6) is 5.75 Å². The van der Waals surface area contributed by atoms with E-state index in [-0.39, 0.29) is 0 Å². The largest absolute Gasteiger partial charge is 0.493 e. The number of pyridine rings is 1. The average molecular weight is 365 g/mol. The Kier molecular flexibility index (Phi) is 7.32. The molecule has 1 heterocycles. The fraction of sp³-hybridized carbons (Fsp3) is 0.458. The van der Waals surface area contributed by atoms with Gasteiger partial charge < -0.3 is 10.5 Å². The fourth-order valence-electron chi connectivity index (χ4n) is 3.66. The van der Waals surface area contributed by atoms with Crippen LogP contribution < -0.4 is 10.5 Å². The zero-order valence-electron chi connectivity index (χ0n) is 16.5. The molecule has 3 aromatic rings. The van der Waals surface area contributed by atoms with Crippen molar-refractivity contribution in [2.45, 2.75) is 64.7 Å². The highest BCUT2D eigenvalue weighted by Crippen LogP contribution is 2.34. The van der Waals surface area contributed by atoms with E-state index in [9.17, 15) is 0 Å². The van der Waals surface area contributed by atoms with Crippen LogP contribution in [-0.4, -0.2) is 11.6 Å². The van der Waals surface area contributed by atoms with Gasteiger partial charge in [0.2, 0.25) is 0 Å². The number of hydrogen-bond donors (Lipinski definition) is 1. The third-order valence-corrected chi connectivity index (χ3v) is 5.21. The lowest BCUT2D eigenvalue weighted by Gasteiger charge is -2.12. The van der Waals surface area contributed by atoms with E-state index in [0.717, 1.165) is 46.3 Å². The fourth-order valence-corrected chi connectivity index (χ4v) is 3.66. The van der Waals surface area contributed by atoms with Crippen LogP contribution in [0.15, 0.2) is 42.5 Å². The van der Waals surface area contributed by atoms with E-state index in [1.807, 2.05) is 42.5 Å². The Balaban J connectivity index is 1.53. The highest BCUT2D eigenvalue weighted by Gasteiger charge is 2.10. The molecule has 0 spiro atoms. The van der Waals surface area contributed by atoms with E-state index >= 15 is 0 Å². The number of rotatable bonds is 11. The van der Waals surface area contributed by atoms with E-state index in [2.05, 4.69) is 6.92 Å². The van der Waals surface area contributed by atoms with Crippen LogP contribution in [0.4, 0.5) is 5.69 Å². The first kappa shape index (κ1) is 19.5. The number of fused-ring (bicyclic) bond motifs is 2. The van der Waals surface area contributed by atoms with Crippen molar-refractivity contribution < 1.29 is 4.74 Å². The molecule has 3 heteroatoms. The van der Waals surface area contributed by atoms with Crippen LogP contribution in [0, 0.1) is 0 Å². The second kappa shape index (κ2) is 10.1. The molecule has 3 nitrogen and oxygen atoms in total. The molecule has 27 heavy (non-hydrogen) atoms. The number of anilines is 1. The molecule has 0 amide bonds. The molecule has 0 saturated heterocycles. The second-order valence-corrected chi connectivity index (χ2v) is 7.37. The van der Waals surface area contributed by atoms with Crippen molar-refractivity contribution in [3.63, 3.8) is 0 Å². The maximum atomic E-state index is 6.46. The molecule has 2 aromatic carbocycles. The number of aromatic nitrogens is 1. The molecule has 0 saturated carbocycles. The Bertz CT molecular complexity index is 859. The summed E-state index contributed by atoms with van der Waals surface area (Å²) in [5.74, 6) is 0.850. The summed E-state index contributed by atoms with van der Waals surface area (Å²) in [5.41, 5.74) is 9.05. The third kappa shape index (κ3) is 5.12. The quantitative estimate of drug-likeness (QED) is 0.298. The number of unbranched alkanes of at least 4 members (excludes halogenated alkanes) is 8. The van der Waals surface area contributed by atoms with Crippen molar-refractivity contribution in [2.24, 2.45) is 0 Å². The van der Waals surface area contributed by atoms with Crippen molar-refractivity contribution in [3.05, 3.63) is 42.5 Å². The standard InChI is InChI=1S/C24H32N2O/c1-2-3-4-5-6-7-8-9-12-18-27-22-17-13-16-21-23(22)24(25)19-14-10-11-15-20(19)26-21/h10-11,13-17H,2-9,12,18H2,1H3,(H2,25,26). The zero-order chi connectivity index (χ0) is 18.9. The van der Waals surface area contributed by atoms with Gasteiger partial charge in [-0.15, -0.1) is 0 Å². The summed E-state index contributed by atoms with van der Waals surface area (Å²) in [5, 5.41) is 1.93. The predicted octanol–water partition coefficient (Wildman–Crippen LogP) is 6.88. The summed E-state index contributed by atoms with van der Waals surface area (Å²) < 4.78 is 6.09. The number of ether oxygens (including phenoxy) is 1. The molecule has 3 rings (SSSR count). The van der Waals surface area contributed by atoms with E-state index in [0.29, 0.717) is 0 Å². The highest BCUT2D eigenvalue weighted by molar-refractivity contribution is 6.08. The normalized spacial score (nSPS) is 11.3. The van der Waals surface area contributed by atoms with Crippen LogP contribution in [0.1, 0.15) is 64.7 Å². The molecule has 1 aromatic heterocycles. The van der Waals surface area contributed by atoms with Crippen LogP contribution in [0.2, 0.25) is 0 Å². The molecule has 0 radical (unpaired) electrons. The van der Waals surface area contributed by atoms with Gasteiger partial charge in [-0.3, -0.25) is 0 Å². The van der Waals surface area contributed by atoms with Crippen LogP contribution in [-0.2, 0) is 0 Å². The average Bonchev–Trinajstić information content (AvgIpc) is 2.69. The van der Waals surface area contributed by atoms with Gasteiger partial charge in [-0.05, 0) is 24.6 Å². The molecular weight excluding hydrogens is 332 g/mol. The van der Waals surface area contributed by atoms with Crippen LogP contribution in [0.25, 0.3) is 21.8 Å². The topological polar surface area (TPSA) is 48.1 Å². The Labute approximate surface area is 162 Å². The summed E-state index contributed by atoms with van der Waals surface area (Å²) in [4.78, 5) is 4.74. The summed E-state index contributed by atoms with van der Waals surface area (Å²) >= 11 is 0. The van der Waals surface area contributed by atoms with Gasteiger partial charge in [0.15, 0.2) is 0 Å². The van der Waals surface area contributed by atoms with Crippen molar-refractivity contribution in [1.29, 1.82) is 0 Å². The Hall–Kier alpha value is -2.29. The summed E-state index contributed by atoms with van der Waals surface area (Å²) in [6.07, 6.45) is 11.8. The maximum absolute atomic E-state index is 6.46. The summed E-state index contributed by atoms with van der Waals surface area (Å²) in [7, 11) is 0. The van der Waals surface area contributed by atoms with E-state index in [1.165, 1.54) is 51.4 Å². The second-order valence-electron chi connectivity index (χ2n) is 7.37. The van der Waals surface area contributed by atoms with Gasteiger partial charge in [-0.2, -0.15) is 0 Å². The van der Waals surface area contributed by atoms with Gasteiger partial charge in [0.05, 0.1) is 28.7 Å². The first-order valence-corrected chi connectivity index (χ1v) is 10.5. The number of nitrogen functional groups attached to an aromatic ring is 1. The predicted molar refractivity (Wildman–Crippen MR) is 116 cm³/mol. The van der Waals surface area contributed by atoms with Gasteiger partial charge in [0.25, 0.3) is 0 Å². The van der Waals surface area contributed by atoms with E-state index in [4.69, 9.17) is 15.5 Å². The zero-order valence-corrected chi connectivity index (χ0v) is 16.5. The van der Waals surface area contributed by atoms with Crippen molar-refractivity contribution in [3.8, 4) is 5.75 Å². The minimum Gasteiger partial charge on any atom is -0.493 e. The molecule has 0 atom stereocenters. The van der Waals surface area contributed by atoms with Gasteiger partial charge >= 0.3 is 0 Å². The van der Waals surface area contributed by atoms with Crippen LogP contribution in [0.3, 0.4) is 0 Å². The molecule has 0 aliphatic carbocycles. The number of hydrogen-bond acceptors (Lipinski definition) is 3. The lowest BCUT2D eigenvalue weighted by atomic mass is 10.1. The third-order valence-electron chi connectivity index (χ3n) is 5.21. The molecule has 0 aliphatic heterocycles. The van der Waals surface area contributed by atoms with E-state index < -0.39 is 0 Å². The summed E-state index contributed by atoms with van der Waals surface area (Å²) in [6, 6.07) is 14.0. The molecule has 0 fully saturated rings. The highest BCUT2D eigenvalue weighted by atomic mass is 16.5. The lowest BCUT2D eigenvalue weighted by Crippen LogP contribution is -2.00. The SMILES string of the molecule is CCCCCCCCCCCOc1cccc2nc3ccccc3c(N)c12. The maximum Gasteiger partial charge on any atom is 0.130 e. The van der Waals surface area contributed by atoms with E-state index in [1.54, 1.807) is 0 Å². The summed E-state index contributed by atoms with van der Waals surface area (Å²) in [6.45, 7) is 3.00. The monoisotopic (exact) mass is 364 g/mol. The van der Waals surface area contributed by atoms with Crippen molar-refractivity contribution >= 4 is 27.5 Å². The number of nitrogens with zero attached hydrogens (tertiary/aromatic N) is 1. The Morgan fingerprint density at radius 1 is 0.778 bits per heavy atom. The number of para-hydroxylation sites is 1. The van der Waals surface area contributed by atoms with Crippen LogP contribution >= 0.6 is 0 Å². The Morgan fingerprint density at radius 2 is 1.44 bits per heavy atom. The number of benzene rings is 2. The van der Waals surface area contributed by atoms with Gasteiger partial charge in [0, 0.05) is 5.39 Å². The number of nitrogens with two attached hydrogens (primary N) is 1. The van der Waals surface area contributed by atoms with Gasteiger partial charge in [0.1, 0.15) is 5.75 Å².